The van der Waals surface area contributed by atoms with Gasteiger partial charge < -0.3 is 5.32 Å². The van der Waals surface area contributed by atoms with Gasteiger partial charge >= 0.3 is 0 Å². The lowest BCUT2D eigenvalue weighted by Gasteiger charge is -2.07. The van der Waals surface area contributed by atoms with Gasteiger partial charge in [-0.1, -0.05) is 54.1 Å². The molecule has 0 aliphatic rings. The first-order chi connectivity index (χ1) is 13.6. The van der Waals surface area contributed by atoms with E-state index in [1.54, 1.807) is 29.8 Å². The minimum absolute atomic E-state index is 0.299. The quantitative estimate of drug-likeness (QED) is 0.541. The molecule has 2 aromatic carbocycles. The first-order valence-electron chi connectivity index (χ1n) is 8.54. The van der Waals surface area contributed by atoms with E-state index in [1.165, 1.54) is 0 Å². The Hall–Kier alpha value is -3.52. The lowest BCUT2D eigenvalue weighted by atomic mass is 10.2. The number of aromatic amines is 1. The van der Waals surface area contributed by atoms with E-state index >= 15 is 0 Å². The standard InChI is InChI=1S/C19H16ClN7O/c1-12-16(17(20)27(24-12)11-13-6-3-2-4-7-13)19(28)21-15-9-5-8-14(10-15)18-22-25-26-23-18/h2-10H,11H2,1H3,(H,21,28)(H,22,23,25,26). The number of anilines is 1. The van der Waals surface area contributed by atoms with E-state index in [0.717, 1.165) is 11.1 Å². The number of carbonyl (C=O) groups is 1. The second-order valence-corrected chi connectivity index (χ2v) is 6.52. The van der Waals surface area contributed by atoms with Crippen molar-refractivity contribution in [2.75, 3.05) is 5.32 Å². The predicted octanol–water partition coefficient (Wildman–Crippen LogP) is 3.33. The number of aromatic nitrogens is 6. The summed E-state index contributed by atoms with van der Waals surface area (Å²) in [6, 6.07) is 17.0. The smallest absolute Gasteiger partial charge is 0.260 e. The molecule has 0 fully saturated rings. The number of tetrazole rings is 1. The molecule has 9 heteroatoms. The Labute approximate surface area is 165 Å². The van der Waals surface area contributed by atoms with Crippen LogP contribution in [0.4, 0.5) is 5.69 Å². The Morgan fingerprint density at radius 3 is 2.75 bits per heavy atom. The molecule has 2 heterocycles. The summed E-state index contributed by atoms with van der Waals surface area (Å²) in [5, 5.41) is 21.4. The minimum Gasteiger partial charge on any atom is -0.322 e. The number of halogens is 1. The van der Waals surface area contributed by atoms with Crippen molar-refractivity contribution in [3.05, 3.63) is 76.6 Å². The number of nitrogens with one attached hydrogen (secondary N) is 2. The molecule has 2 aromatic heterocycles. The molecule has 4 rings (SSSR count). The van der Waals surface area contributed by atoms with Crippen molar-refractivity contribution in [3.8, 4) is 11.4 Å². The zero-order valence-electron chi connectivity index (χ0n) is 14.9. The summed E-state index contributed by atoms with van der Waals surface area (Å²) in [5.74, 6) is 0.119. The van der Waals surface area contributed by atoms with Gasteiger partial charge in [0, 0.05) is 11.3 Å². The molecule has 1 amide bonds. The van der Waals surface area contributed by atoms with Gasteiger partial charge in [0.25, 0.3) is 5.91 Å². The summed E-state index contributed by atoms with van der Waals surface area (Å²) in [6.45, 7) is 2.25. The second-order valence-electron chi connectivity index (χ2n) is 6.16. The van der Waals surface area contributed by atoms with Crippen molar-refractivity contribution in [1.82, 2.24) is 30.4 Å². The number of hydrogen-bond acceptors (Lipinski definition) is 5. The number of rotatable bonds is 5. The maximum absolute atomic E-state index is 12.8. The zero-order chi connectivity index (χ0) is 19.5. The molecule has 4 aromatic rings. The van der Waals surface area contributed by atoms with Crippen LogP contribution in [0.1, 0.15) is 21.6 Å². The normalized spacial score (nSPS) is 10.8. The molecule has 0 bridgehead atoms. The lowest BCUT2D eigenvalue weighted by molar-refractivity contribution is 0.102. The van der Waals surface area contributed by atoms with E-state index in [0.29, 0.717) is 34.5 Å². The van der Waals surface area contributed by atoms with E-state index in [9.17, 15) is 4.79 Å². The summed E-state index contributed by atoms with van der Waals surface area (Å²) < 4.78 is 1.62. The molecule has 0 aliphatic carbocycles. The third-order valence-electron chi connectivity index (χ3n) is 4.19. The van der Waals surface area contributed by atoms with Gasteiger partial charge in [-0.05, 0) is 29.8 Å². The van der Waals surface area contributed by atoms with Crippen molar-refractivity contribution in [3.63, 3.8) is 0 Å². The molecule has 28 heavy (non-hydrogen) atoms. The molecule has 0 aliphatic heterocycles. The van der Waals surface area contributed by atoms with Crippen LogP contribution in [-0.2, 0) is 6.54 Å². The Morgan fingerprint density at radius 1 is 1.18 bits per heavy atom. The molecule has 0 atom stereocenters. The highest BCUT2D eigenvalue weighted by atomic mass is 35.5. The molecular formula is C19H16ClN7O. The van der Waals surface area contributed by atoms with Crippen molar-refractivity contribution in [2.24, 2.45) is 0 Å². The van der Waals surface area contributed by atoms with Crippen molar-refractivity contribution < 1.29 is 4.79 Å². The predicted molar refractivity (Wildman–Crippen MR) is 105 cm³/mol. The highest BCUT2D eigenvalue weighted by Crippen LogP contribution is 2.24. The van der Waals surface area contributed by atoms with Gasteiger partial charge in [-0.25, -0.2) is 4.68 Å². The monoisotopic (exact) mass is 393 g/mol. The Balaban J connectivity index is 1.56. The first-order valence-corrected chi connectivity index (χ1v) is 8.91. The maximum Gasteiger partial charge on any atom is 0.260 e. The summed E-state index contributed by atoms with van der Waals surface area (Å²) in [5.41, 5.74) is 3.29. The van der Waals surface area contributed by atoms with Crippen LogP contribution in [0.2, 0.25) is 5.15 Å². The van der Waals surface area contributed by atoms with E-state index in [2.05, 4.69) is 31.0 Å². The fraction of sp³-hybridized carbons (Fsp3) is 0.105. The van der Waals surface area contributed by atoms with Crippen LogP contribution in [0.25, 0.3) is 11.4 Å². The molecule has 0 radical (unpaired) electrons. The van der Waals surface area contributed by atoms with Crippen LogP contribution >= 0.6 is 11.6 Å². The van der Waals surface area contributed by atoms with Crippen LogP contribution < -0.4 is 5.32 Å². The Kier molecular flexibility index (Phi) is 4.86. The number of aryl methyl sites for hydroxylation is 1. The van der Waals surface area contributed by atoms with Crippen molar-refractivity contribution >= 4 is 23.2 Å². The number of carbonyl (C=O) groups excluding carboxylic acids is 1. The van der Waals surface area contributed by atoms with Gasteiger partial charge in [-0.15, -0.1) is 10.2 Å². The van der Waals surface area contributed by atoms with Crippen LogP contribution in [0.5, 0.6) is 0 Å². The number of benzene rings is 2. The topological polar surface area (TPSA) is 101 Å². The molecule has 140 valence electrons. The summed E-state index contributed by atoms with van der Waals surface area (Å²) in [4.78, 5) is 12.8. The third kappa shape index (κ3) is 3.63. The maximum atomic E-state index is 12.8. The number of H-pyrrole nitrogens is 1. The van der Waals surface area contributed by atoms with Crippen LogP contribution in [0, 0.1) is 6.92 Å². The van der Waals surface area contributed by atoms with E-state index < -0.39 is 0 Å². The third-order valence-corrected chi connectivity index (χ3v) is 4.58. The van der Waals surface area contributed by atoms with Crippen molar-refractivity contribution in [1.29, 1.82) is 0 Å². The molecule has 0 saturated heterocycles. The van der Waals surface area contributed by atoms with Gasteiger partial charge in [-0.2, -0.15) is 10.3 Å². The minimum atomic E-state index is -0.327. The van der Waals surface area contributed by atoms with E-state index in [-0.39, 0.29) is 5.91 Å². The van der Waals surface area contributed by atoms with Gasteiger partial charge in [0.2, 0.25) is 5.82 Å². The number of hydrogen-bond donors (Lipinski definition) is 2. The van der Waals surface area contributed by atoms with E-state index in [4.69, 9.17) is 11.6 Å². The highest BCUT2D eigenvalue weighted by molar-refractivity contribution is 6.33. The molecule has 0 spiro atoms. The largest absolute Gasteiger partial charge is 0.322 e. The van der Waals surface area contributed by atoms with Crippen LogP contribution in [0.3, 0.4) is 0 Å². The van der Waals surface area contributed by atoms with E-state index in [1.807, 2.05) is 36.4 Å². The van der Waals surface area contributed by atoms with Gasteiger partial charge in [0.1, 0.15) is 5.15 Å². The Morgan fingerprint density at radius 2 is 2.00 bits per heavy atom. The fourth-order valence-corrected chi connectivity index (χ4v) is 3.21. The van der Waals surface area contributed by atoms with Gasteiger partial charge in [-0.3, -0.25) is 4.79 Å². The second kappa shape index (κ2) is 7.61. The van der Waals surface area contributed by atoms with Crippen LogP contribution in [-0.4, -0.2) is 36.3 Å². The number of nitrogens with zero attached hydrogens (tertiary/aromatic N) is 5. The SMILES string of the molecule is Cc1nn(Cc2ccccc2)c(Cl)c1C(=O)Nc1cccc(-c2nn[nH]n2)c1. The molecular weight excluding hydrogens is 378 g/mol. The Bertz CT molecular complexity index is 1110. The van der Waals surface area contributed by atoms with Gasteiger partial charge in [0.05, 0.1) is 17.8 Å². The number of amides is 1. The summed E-state index contributed by atoms with van der Waals surface area (Å²) in [7, 11) is 0. The summed E-state index contributed by atoms with van der Waals surface area (Å²) >= 11 is 6.46. The first kappa shape index (κ1) is 17.9. The van der Waals surface area contributed by atoms with Gasteiger partial charge in [0.15, 0.2) is 0 Å². The molecule has 2 N–H and O–H groups in total. The lowest BCUT2D eigenvalue weighted by Crippen LogP contribution is -2.13. The molecule has 0 unspecified atom stereocenters. The van der Waals surface area contributed by atoms with Crippen molar-refractivity contribution in [2.45, 2.75) is 13.5 Å². The molecule has 8 nitrogen and oxygen atoms in total. The highest BCUT2D eigenvalue weighted by Gasteiger charge is 2.21. The average molecular weight is 394 g/mol. The summed E-state index contributed by atoms with van der Waals surface area (Å²) in [6.07, 6.45) is 0. The zero-order valence-corrected chi connectivity index (χ0v) is 15.7. The average Bonchev–Trinajstić information content (AvgIpc) is 3.32. The molecule has 0 saturated carbocycles. The fourth-order valence-electron chi connectivity index (χ4n) is 2.89. The van der Waals surface area contributed by atoms with Crippen LogP contribution in [0.15, 0.2) is 54.6 Å².